The van der Waals surface area contributed by atoms with E-state index in [2.05, 4.69) is 57.5 Å². The van der Waals surface area contributed by atoms with Gasteiger partial charge in [-0.1, -0.05) is 0 Å². The topological polar surface area (TPSA) is 46.5 Å². The zero-order chi connectivity index (χ0) is 20.2. The van der Waals surface area contributed by atoms with Gasteiger partial charge in [-0.05, 0) is 0 Å². The second kappa shape index (κ2) is 8.55. The third-order valence-corrected chi connectivity index (χ3v) is 6.49. The molecule has 1 aromatic rings. The predicted molar refractivity (Wildman–Crippen MR) is 112 cm³/mol. The molecule has 0 aromatic heterocycles. The van der Waals surface area contributed by atoms with E-state index in [0.29, 0.717) is 12.2 Å². The molecule has 3 nitrogen and oxygen atoms in total. The summed E-state index contributed by atoms with van der Waals surface area (Å²) in [5, 5.41) is 8.80. The maximum atomic E-state index is 10.7. The molecule has 27 heavy (non-hydrogen) atoms. The molecule has 0 atom stereocenters. The Morgan fingerprint density at radius 1 is 1.26 bits per heavy atom. The molecule has 0 saturated heterocycles. The molecular weight excluding hydrogens is 403 g/mol. The molecule has 0 radical (unpaired) electrons. The standard InChI is InChI=1S/C23H30O3Se/c1-7-11-26-19-15-17(27-12-8-16(2)13-20(24)25)14-18-21(19)23(5,6)10-9-22(18,3)4/h13-15H,7,9-11H2,1-6H3,(H,24,25). The van der Waals surface area contributed by atoms with Crippen LogP contribution in [0, 0.1) is 10.7 Å². The number of fused-ring (bicyclic) bond motifs is 1. The Kier molecular flexibility index (Phi) is 6.84. The first-order valence-corrected chi connectivity index (χ1v) is 11.2. The first kappa shape index (κ1) is 21.6. The van der Waals surface area contributed by atoms with Crippen LogP contribution in [0.15, 0.2) is 23.8 Å². The van der Waals surface area contributed by atoms with Crippen molar-refractivity contribution in [2.75, 3.05) is 6.61 Å². The van der Waals surface area contributed by atoms with Crippen molar-refractivity contribution < 1.29 is 14.6 Å². The molecule has 0 bridgehead atoms. The van der Waals surface area contributed by atoms with Gasteiger partial charge in [-0.25, -0.2) is 0 Å². The number of hydrogen-bond acceptors (Lipinski definition) is 2. The fourth-order valence-corrected chi connectivity index (χ4v) is 4.89. The van der Waals surface area contributed by atoms with E-state index in [1.54, 1.807) is 6.92 Å². The van der Waals surface area contributed by atoms with Crippen molar-refractivity contribution in [1.82, 2.24) is 0 Å². The number of benzene rings is 1. The van der Waals surface area contributed by atoms with Crippen LogP contribution in [0.2, 0.25) is 0 Å². The van der Waals surface area contributed by atoms with E-state index in [0.717, 1.165) is 31.1 Å². The molecule has 0 amide bonds. The van der Waals surface area contributed by atoms with Crippen LogP contribution in [-0.2, 0) is 15.6 Å². The molecule has 1 aliphatic rings. The summed E-state index contributed by atoms with van der Waals surface area (Å²) < 4.78 is 7.36. The number of rotatable bonds is 5. The zero-order valence-corrected chi connectivity index (χ0v) is 18.9. The first-order chi connectivity index (χ1) is 12.6. The molecule has 0 unspecified atom stereocenters. The van der Waals surface area contributed by atoms with Crippen LogP contribution < -0.4 is 9.20 Å². The van der Waals surface area contributed by atoms with Crippen molar-refractivity contribution in [3.8, 4) is 16.5 Å². The van der Waals surface area contributed by atoms with Crippen LogP contribution in [0.1, 0.15) is 71.9 Å². The summed E-state index contributed by atoms with van der Waals surface area (Å²) in [5.74, 6) is 3.01. The van der Waals surface area contributed by atoms with Gasteiger partial charge in [0.15, 0.2) is 0 Å². The number of hydrogen-bond donors (Lipinski definition) is 1. The number of carboxylic acids is 1. The number of ether oxygens (including phenoxy) is 1. The fraction of sp³-hybridized carbons (Fsp3) is 0.522. The summed E-state index contributed by atoms with van der Waals surface area (Å²) in [6.07, 6.45) is 4.44. The van der Waals surface area contributed by atoms with Gasteiger partial charge in [0.05, 0.1) is 0 Å². The normalized spacial score (nSPS) is 17.5. The third kappa shape index (κ3) is 5.41. The van der Waals surface area contributed by atoms with Crippen LogP contribution in [0.5, 0.6) is 5.75 Å². The average Bonchev–Trinajstić information content (AvgIpc) is 2.56. The number of carboxylic acid groups (broad SMARTS) is 1. The number of aliphatic carboxylic acids is 1. The van der Waals surface area contributed by atoms with Crippen LogP contribution in [0.4, 0.5) is 0 Å². The Bertz CT molecular complexity index is 807. The van der Waals surface area contributed by atoms with E-state index >= 15 is 0 Å². The van der Waals surface area contributed by atoms with Gasteiger partial charge >= 0.3 is 170 Å². The van der Waals surface area contributed by atoms with Gasteiger partial charge < -0.3 is 0 Å². The van der Waals surface area contributed by atoms with Gasteiger partial charge in [0, 0.05) is 0 Å². The van der Waals surface area contributed by atoms with Gasteiger partial charge in [0.2, 0.25) is 0 Å². The Morgan fingerprint density at radius 2 is 1.93 bits per heavy atom. The average molecular weight is 433 g/mol. The molecule has 0 aliphatic heterocycles. The first-order valence-electron chi connectivity index (χ1n) is 9.48. The Labute approximate surface area is 169 Å². The fourth-order valence-electron chi connectivity index (χ4n) is 3.48. The monoisotopic (exact) mass is 434 g/mol. The van der Waals surface area contributed by atoms with Crippen LogP contribution in [-0.4, -0.2) is 32.6 Å². The molecule has 1 aromatic carbocycles. The van der Waals surface area contributed by atoms with Crippen molar-refractivity contribution in [1.29, 1.82) is 0 Å². The van der Waals surface area contributed by atoms with E-state index in [1.807, 2.05) is 0 Å². The molecule has 0 saturated carbocycles. The second-order valence-corrected chi connectivity index (χ2v) is 10.3. The summed E-state index contributed by atoms with van der Waals surface area (Å²) in [6, 6.07) is 4.46. The molecule has 2 rings (SSSR count). The van der Waals surface area contributed by atoms with Crippen molar-refractivity contribution in [2.24, 2.45) is 0 Å². The quantitative estimate of drug-likeness (QED) is 0.431. The van der Waals surface area contributed by atoms with Crippen LogP contribution in [0.3, 0.4) is 0 Å². The Hall–Kier alpha value is -1.69. The van der Waals surface area contributed by atoms with E-state index in [4.69, 9.17) is 9.84 Å². The molecule has 4 heteroatoms. The minimum absolute atomic E-state index is 0.0510. The van der Waals surface area contributed by atoms with Crippen molar-refractivity contribution in [3.63, 3.8) is 0 Å². The molecule has 0 heterocycles. The zero-order valence-electron chi connectivity index (χ0n) is 17.2. The van der Waals surface area contributed by atoms with Crippen LogP contribution in [0.25, 0.3) is 0 Å². The third-order valence-electron chi connectivity index (χ3n) is 5.08. The van der Waals surface area contributed by atoms with Crippen molar-refractivity contribution in [2.45, 2.75) is 71.6 Å². The minimum atomic E-state index is -0.956. The SMILES string of the molecule is CCCOc1cc([Se]C#CC(C)=CC(=O)O)cc2c1C(C)(C)CCC2(C)C. The summed E-state index contributed by atoms with van der Waals surface area (Å²) in [7, 11) is 0. The maximum absolute atomic E-state index is 10.7. The van der Waals surface area contributed by atoms with E-state index in [1.165, 1.54) is 15.6 Å². The Morgan fingerprint density at radius 3 is 2.56 bits per heavy atom. The number of allylic oxidation sites excluding steroid dienone is 1. The molecule has 0 fully saturated rings. The van der Waals surface area contributed by atoms with E-state index in [-0.39, 0.29) is 25.8 Å². The van der Waals surface area contributed by atoms with E-state index in [9.17, 15) is 4.79 Å². The van der Waals surface area contributed by atoms with Gasteiger partial charge in [-0.3, -0.25) is 0 Å². The van der Waals surface area contributed by atoms with Gasteiger partial charge in [0.1, 0.15) is 0 Å². The summed E-state index contributed by atoms with van der Waals surface area (Å²) in [4.78, 5) is 13.9. The van der Waals surface area contributed by atoms with Gasteiger partial charge in [0.25, 0.3) is 0 Å². The molecule has 0 spiro atoms. The van der Waals surface area contributed by atoms with Gasteiger partial charge in [-0.15, -0.1) is 0 Å². The summed E-state index contributed by atoms with van der Waals surface area (Å²) in [5.41, 5.74) is 3.52. The van der Waals surface area contributed by atoms with E-state index < -0.39 is 5.97 Å². The van der Waals surface area contributed by atoms with Gasteiger partial charge in [-0.2, -0.15) is 0 Å². The second-order valence-electron chi connectivity index (χ2n) is 8.45. The van der Waals surface area contributed by atoms with Crippen molar-refractivity contribution >= 4 is 25.4 Å². The molecule has 1 aliphatic carbocycles. The van der Waals surface area contributed by atoms with Crippen LogP contribution >= 0.6 is 0 Å². The molecular formula is C23H30O3Se. The number of carbonyl (C=O) groups is 1. The summed E-state index contributed by atoms with van der Waals surface area (Å²) >= 11 is -0.0510. The Balaban J connectivity index is 2.47. The van der Waals surface area contributed by atoms with Crippen molar-refractivity contribution in [3.05, 3.63) is 34.9 Å². The molecule has 146 valence electrons. The predicted octanol–water partition coefficient (Wildman–Crippen LogP) is 4.15. The molecule has 1 N–H and O–H groups in total. The summed E-state index contributed by atoms with van der Waals surface area (Å²) in [6.45, 7) is 13.8.